The van der Waals surface area contributed by atoms with Gasteiger partial charge in [0.2, 0.25) is 5.91 Å². The van der Waals surface area contributed by atoms with Crippen molar-refractivity contribution >= 4 is 11.7 Å². The molecule has 2 aromatic rings. The number of carbonyl (C=O) groups is 2. The van der Waals surface area contributed by atoms with Gasteiger partial charge in [0, 0.05) is 24.9 Å². The van der Waals surface area contributed by atoms with Crippen LogP contribution < -0.4 is 14.8 Å². The Hall–Kier alpha value is -2.82. The maximum absolute atomic E-state index is 12.5. The van der Waals surface area contributed by atoms with Crippen LogP contribution in [0.4, 0.5) is 0 Å². The summed E-state index contributed by atoms with van der Waals surface area (Å²) in [5.74, 6) is 1.48. The predicted molar refractivity (Wildman–Crippen MR) is 111 cm³/mol. The Morgan fingerprint density at radius 3 is 2.52 bits per heavy atom. The average molecular weight is 393 g/mol. The number of aryl methyl sites for hydroxylation is 2. The van der Waals surface area contributed by atoms with E-state index < -0.39 is 0 Å². The van der Waals surface area contributed by atoms with E-state index in [1.165, 1.54) is 24.0 Å². The van der Waals surface area contributed by atoms with Crippen LogP contribution in [-0.2, 0) is 24.1 Å². The van der Waals surface area contributed by atoms with Crippen LogP contribution in [0.5, 0.6) is 11.5 Å². The van der Waals surface area contributed by atoms with Crippen molar-refractivity contribution in [1.29, 1.82) is 0 Å². The summed E-state index contributed by atoms with van der Waals surface area (Å²) >= 11 is 0. The predicted octanol–water partition coefficient (Wildman–Crippen LogP) is 3.66. The minimum atomic E-state index is -0.0890. The molecule has 1 N–H and O–H groups in total. The highest BCUT2D eigenvalue weighted by atomic mass is 16.6. The van der Waals surface area contributed by atoms with Crippen molar-refractivity contribution in [3.05, 3.63) is 58.7 Å². The third kappa shape index (κ3) is 4.97. The maximum atomic E-state index is 12.5. The molecule has 0 bridgehead atoms. The topological polar surface area (TPSA) is 64.6 Å². The summed E-state index contributed by atoms with van der Waals surface area (Å²) in [4.78, 5) is 24.6. The van der Waals surface area contributed by atoms with Crippen LogP contribution in [0.25, 0.3) is 0 Å². The number of nitrogens with one attached hydrogen (secondary N) is 1. The molecule has 0 saturated carbocycles. The number of ether oxygens (including phenoxy) is 2. The molecule has 1 aliphatic carbocycles. The van der Waals surface area contributed by atoms with E-state index >= 15 is 0 Å². The number of benzene rings is 2. The van der Waals surface area contributed by atoms with Crippen molar-refractivity contribution < 1.29 is 19.1 Å². The van der Waals surface area contributed by atoms with Crippen molar-refractivity contribution in [2.75, 3.05) is 19.8 Å². The third-order valence-corrected chi connectivity index (χ3v) is 5.59. The van der Waals surface area contributed by atoms with E-state index in [0.29, 0.717) is 26.2 Å². The smallest absolute Gasteiger partial charge is 0.220 e. The van der Waals surface area contributed by atoms with E-state index in [1.807, 2.05) is 30.3 Å². The number of fused-ring (bicyclic) bond motifs is 2. The molecule has 0 unspecified atom stereocenters. The van der Waals surface area contributed by atoms with Crippen LogP contribution in [0.3, 0.4) is 0 Å². The molecule has 5 heteroatoms. The maximum Gasteiger partial charge on any atom is 0.220 e. The molecule has 0 spiro atoms. The Kier molecular flexibility index (Phi) is 6.13. The van der Waals surface area contributed by atoms with Gasteiger partial charge in [0.05, 0.1) is 0 Å². The van der Waals surface area contributed by atoms with E-state index in [0.717, 1.165) is 35.5 Å². The van der Waals surface area contributed by atoms with Gasteiger partial charge >= 0.3 is 0 Å². The highest BCUT2D eigenvalue weighted by Gasteiger charge is 2.15. The Morgan fingerprint density at radius 1 is 0.862 bits per heavy atom. The first-order chi connectivity index (χ1) is 14.2. The number of hydrogen-bond acceptors (Lipinski definition) is 4. The molecule has 0 atom stereocenters. The highest BCUT2D eigenvalue weighted by Crippen LogP contribution is 2.30. The summed E-state index contributed by atoms with van der Waals surface area (Å²) in [7, 11) is 0. The molecule has 2 aromatic carbocycles. The van der Waals surface area contributed by atoms with Gasteiger partial charge in [0.15, 0.2) is 17.3 Å². The summed E-state index contributed by atoms with van der Waals surface area (Å²) in [6.07, 6.45) is 5.75. The lowest BCUT2D eigenvalue weighted by molar-refractivity contribution is -0.121. The van der Waals surface area contributed by atoms with Gasteiger partial charge in [-0.15, -0.1) is 0 Å². The summed E-state index contributed by atoms with van der Waals surface area (Å²) in [5.41, 5.74) is 4.48. The van der Waals surface area contributed by atoms with Crippen molar-refractivity contribution in [2.24, 2.45) is 0 Å². The van der Waals surface area contributed by atoms with Crippen LogP contribution in [0.2, 0.25) is 0 Å². The fourth-order valence-corrected chi connectivity index (χ4v) is 3.96. The first kappa shape index (κ1) is 19.5. The summed E-state index contributed by atoms with van der Waals surface area (Å²) in [6.45, 7) is 1.67. The highest BCUT2D eigenvalue weighted by molar-refractivity contribution is 5.98. The standard InChI is InChI=1S/C24H27NO4/c26-21(20-7-6-18-3-1-2-4-19(18)16-20)8-10-24(27)25-12-11-17-5-9-22-23(15-17)29-14-13-28-22/h5-7,9,15-16H,1-4,8,10-14H2,(H,25,27). The molecule has 5 nitrogen and oxygen atoms in total. The van der Waals surface area contributed by atoms with Crippen LogP contribution >= 0.6 is 0 Å². The quantitative estimate of drug-likeness (QED) is 0.729. The monoisotopic (exact) mass is 393 g/mol. The zero-order valence-corrected chi connectivity index (χ0v) is 16.7. The molecule has 4 rings (SSSR count). The van der Waals surface area contributed by atoms with Crippen LogP contribution in [0, 0.1) is 0 Å². The van der Waals surface area contributed by atoms with Gasteiger partial charge in [0.1, 0.15) is 13.2 Å². The Morgan fingerprint density at radius 2 is 1.66 bits per heavy atom. The number of hydrogen-bond donors (Lipinski definition) is 1. The molecule has 1 amide bonds. The van der Waals surface area contributed by atoms with Gasteiger partial charge in [-0.25, -0.2) is 0 Å². The van der Waals surface area contributed by atoms with Gasteiger partial charge < -0.3 is 14.8 Å². The van der Waals surface area contributed by atoms with Gasteiger partial charge in [-0.2, -0.15) is 0 Å². The Bertz CT molecular complexity index is 906. The van der Waals surface area contributed by atoms with Crippen LogP contribution in [0.1, 0.15) is 52.7 Å². The fraction of sp³-hybridized carbons (Fsp3) is 0.417. The minimum Gasteiger partial charge on any atom is -0.486 e. The van der Waals surface area contributed by atoms with Crippen molar-refractivity contribution in [2.45, 2.75) is 44.9 Å². The summed E-state index contributed by atoms with van der Waals surface area (Å²) in [5, 5.41) is 2.90. The fourth-order valence-electron chi connectivity index (χ4n) is 3.96. The number of Topliss-reactive ketones (excluding diaryl/α,β-unsaturated/α-hetero) is 1. The zero-order valence-electron chi connectivity index (χ0n) is 16.7. The molecule has 2 aliphatic rings. The van der Waals surface area contributed by atoms with E-state index in [4.69, 9.17) is 9.47 Å². The van der Waals surface area contributed by atoms with E-state index in [-0.39, 0.29) is 24.5 Å². The largest absolute Gasteiger partial charge is 0.486 e. The second-order valence-electron chi connectivity index (χ2n) is 7.69. The number of carbonyl (C=O) groups excluding carboxylic acids is 2. The molecular weight excluding hydrogens is 366 g/mol. The third-order valence-electron chi connectivity index (χ3n) is 5.59. The molecular formula is C24H27NO4. The SMILES string of the molecule is O=C(CCC(=O)c1ccc2c(c1)CCCC2)NCCc1ccc2c(c1)OCCO2. The lowest BCUT2D eigenvalue weighted by Gasteiger charge is -2.18. The Balaban J connectivity index is 1.21. The van der Waals surface area contributed by atoms with Crippen molar-refractivity contribution in [1.82, 2.24) is 5.32 Å². The summed E-state index contributed by atoms with van der Waals surface area (Å²) in [6, 6.07) is 11.9. The second-order valence-corrected chi connectivity index (χ2v) is 7.69. The molecule has 0 fully saturated rings. The molecule has 1 aliphatic heterocycles. The zero-order chi connectivity index (χ0) is 20.1. The molecule has 0 radical (unpaired) electrons. The number of amides is 1. The first-order valence-electron chi connectivity index (χ1n) is 10.5. The molecule has 29 heavy (non-hydrogen) atoms. The normalized spacial score (nSPS) is 14.8. The summed E-state index contributed by atoms with van der Waals surface area (Å²) < 4.78 is 11.1. The number of ketones is 1. The van der Waals surface area contributed by atoms with E-state index in [2.05, 4.69) is 11.4 Å². The molecule has 0 saturated heterocycles. The van der Waals surface area contributed by atoms with Crippen molar-refractivity contribution in [3.63, 3.8) is 0 Å². The molecule has 0 aromatic heterocycles. The van der Waals surface area contributed by atoms with Crippen LogP contribution in [0.15, 0.2) is 36.4 Å². The Labute approximate surface area is 171 Å². The number of rotatable bonds is 7. The van der Waals surface area contributed by atoms with E-state index in [1.54, 1.807) is 0 Å². The average Bonchev–Trinajstić information content (AvgIpc) is 2.77. The van der Waals surface area contributed by atoms with Crippen molar-refractivity contribution in [3.8, 4) is 11.5 Å². The lowest BCUT2D eigenvalue weighted by atomic mass is 9.89. The van der Waals surface area contributed by atoms with Crippen LogP contribution in [-0.4, -0.2) is 31.4 Å². The second kappa shape index (κ2) is 9.12. The first-order valence-corrected chi connectivity index (χ1v) is 10.5. The van der Waals surface area contributed by atoms with Gasteiger partial charge in [-0.05, 0) is 67.0 Å². The van der Waals surface area contributed by atoms with E-state index in [9.17, 15) is 9.59 Å². The van der Waals surface area contributed by atoms with Gasteiger partial charge in [-0.3, -0.25) is 9.59 Å². The minimum absolute atomic E-state index is 0.0420. The molecule has 152 valence electrons. The molecule has 1 heterocycles. The van der Waals surface area contributed by atoms with Gasteiger partial charge in [-0.1, -0.05) is 18.2 Å². The van der Waals surface area contributed by atoms with Gasteiger partial charge in [0.25, 0.3) is 0 Å². The lowest BCUT2D eigenvalue weighted by Crippen LogP contribution is -2.26.